The molecule has 0 atom stereocenters. The topological polar surface area (TPSA) is 59.6 Å². The molecule has 0 bridgehead atoms. The van der Waals surface area contributed by atoms with E-state index in [2.05, 4.69) is 45.3 Å². The summed E-state index contributed by atoms with van der Waals surface area (Å²) >= 11 is 3.46. The summed E-state index contributed by atoms with van der Waals surface area (Å²) in [5.41, 5.74) is 9.21. The molecule has 2 rings (SSSR count). The molecule has 0 aromatic heterocycles. The number of aryl methyl sites for hydroxylation is 1. The van der Waals surface area contributed by atoms with Gasteiger partial charge in [0.25, 0.3) is 0 Å². The Kier molecular flexibility index (Phi) is 5.83. The second-order valence-corrected chi connectivity index (χ2v) is 5.70. The maximum Gasteiger partial charge on any atom is 0.193 e. The number of hydrogen-bond donors (Lipinski definition) is 2. The number of benzene rings is 2. The molecule has 0 amide bonds. The molecule has 3 N–H and O–H groups in total. The van der Waals surface area contributed by atoms with Gasteiger partial charge in [0.05, 0.1) is 18.1 Å². The van der Waals surface area contributed by atoms with Crippen LogP contribution in [0.5, 0.6) is 5.75 Å². The highest BCUT2D eigenvalue weighted by Gasteiger charge is 2.01. The van der Waals surface area contributed by atoms with E-state index in [1.54, 1.807) is 7.11 Å². The Labute approximate surface area is 139 Å². The van der Waals surface area contributed by atoms with Crippen LogP contribution in [0.4, 0.5) is 5.69 Å². The molecule has 116 valence electrons. The molecule has 2 aromatic rings. The summed E-state index contributed by atoms with van der Waals surface area (Å²) in [6, 6.07) is 14.0. The van der Waals surface area contributed by atoms with Gasteiger partial charge in [0, 0.05) is 5.69 Å². The number of halogens is 1. The van der Waals surface area contributed by atoms with Crippen LogP contribution in [0.3, 0.4) is 0 Å². The summed E-state index contributed by atoms with van der Waals surface area (Å²) in [6.45, 7) is 2.63. The smallest absolute Gasteiger partial charge is 0.193 e. The van der Waals surface area contributed by atoms with E-state index in [1.165, 1.54) is 5.56 Å². The molecular formula is C17H20BrN3O. The van der Waals surface area contributed by atoms with E-state index in [9.17, 15) is 0 Å². The Morgan fingerprint density at radius 3 is 2.73 bits per heavy atom. The van der Waals surface area contributed by atoms with E-state index in [1.807, 2.05) is 30.3 Å². The third-order valence-electron chi connectivity index (χ3n) is 3.26. The average molecular weight is 362 g/mol. The number of nitrogens with zero attached hydrogens (tertiary/aromatic N) is 1. The zero-order chi connectivity index (χ0) is 15.9. The Morgan fingerprint density at radius 1 is 1.23 bits per heavy atom. The number of anilines is 1. The minimum Gasteiger partial charge on any atom is -0.496 e. The van der Waals surface area contributed by atoms with E-state index in [4.69, 9.17) is 10.5 Å². The van der Waals surface area contributed by atoms with Gasteiger partial charge in [-0.2, -0.15) is 0 Å². The fourth-order valence-corrected chi connectivity index (χ4v) is 2.63. The summed E-state index contributed by atoms with van der Waals surface area (Å²) in [5.74, 6) is 1.20. The lowest BCUT2D eigenvalue weighted by molar-refractivity contribution is 0.412. The van der Waals surface area contributed by atoms with E-state index in [0.717, 1.165) is 27.9 Å². The summed E-state index contributed by atoms with van der Waals surface area (Å²) in [7, 11) is 1.64. The highest BCUT2D eigenvalue weighted by Crippen LogP contribution is 2.25. The van der Waals surface area contributed by atoms with Crippen LogP contribution >= 0.6 is 15.9 Å². The van der Waals surface area contributed by atoms with Crippen LogP contribution in [0.1, 0.15) is 18.1 Å². The molecule has 0 heterocycles. The number of methoxy groups -OCH3 is 1. The van der Waals surface area contributed by atoms with Crippen molar-refractivity contribution in [3.8, 4) is 5.75 Å². The van der Waals surface area contributed by atoms with Gasteiger partial charge < -0.3 is 15.8 Å². The normalized spacial score (nSPS) is 11.3. The molecule has 4 nitrogen and oxygen atoms in total. The first-order valence-corrected chi connectivity index (χ1v) is 7.90. The number of nitrogens with one attached hydrogen (secondary N) is 1. The van der Waals surface area contributed by atoms with Gasteiger partial charge in [0.1, 0.15) is 5.75 Å². The highest BCUT2D eigenvalue weighted by molar-refractivity contribution is 9.10. The van der Waals surface area contributed by atoms with Gasteiger partial charge in [-0.15, -0.1) is 0 Å². The highest BCUT2D eigenvalue weighted by atomic mass is 79.9. The van der Waals surface area contributed by atoms with Crippen LogP contribution in [-0.4, -0.2) is 13.1 Å². The van der Waals surface area contributed by atoms with E-state index >= 15 is 0 Å². The third kappa shape index (κ3) is 4.49. The number of nitrogens with two attached hydrogens (primary N) is 1. The lowest BCUT2D eigenvalue weighted by Gasteiger charge is -2.08. The molecule has 2 aromatic carbocycles. The summed E-state index contributed by atoms with van der Waals surface area (Å²) in [5, 5.41) is 3.12. The van der Waals surface area contributed by atoms with Crippen LogP contribution < -0.4 is 15.8 Å². The van der Waals surface area contributed by atoms with Crippen LogP contribution in [0.25, 0.3) is 0 Å². The van der Waals surface area contributed by atoms with Gasteiger partial charge in [-0.1, -0.05) is 25.1 Å². The number of rotatable bonds is 5. The number of hydrogen-bond acceptors (Lipinski definition) is 2. The van der Waals surface area contributed by atoms with Crippen molar-refractivity contribution in [2.24, 2.45) is 10.7 Å². The lowest BCUT2D eigenvalue weighted by Crippen LogP contribution is -2.22. The van der Waals surface area contributed by atoms with Crippen molar-refractivity contribution in [1.29, 1.82) is 0 Å². The fraction of sp³-hybridized carbons (Fsp3) is 0.235. The minimum atomic E-state index is 0.403. The molecule has 0 fully saturated rings. The Balaban J connectivity index is 2.01. The van der Waals surface area contributed by atoms with Gasteiger partial charge in [0.2, 0.25) is 0 Å². The van der Waals surface area contributed by atoms with Crippen molar-refractivity contribution in [1.82, 2.24) is 0 Å². The second kappa shape index (κ2) is 7.84. The first-order chi connectivity index (χ1) is 10.6. The molecule has 0 saturated heterocycles. The molecular weight excluding hydrogens is 342 g/mol. The summed E-state index contributed by atoms with van der Waals surface area (Å²) in [6.07, 6.45) is 0.993. The van der Waals surface area contributed by atoms with Crippen LogP contribution in [0.15, 0.2) is 51.9 Å². The molecule has 22 heavy (non-hydrogen) atoms. The number of guanidine groups is 1. The molecule has 0 radical (unpaired) electrons. The zero-order valence-corrected chi connectivity index (χ0v) is 14.4. The quantitative estimate of drug-likeness (QED) is 0.626. The molecule has 0 unspecified atom stereocenters. The van der Waals surface area contributed by atoms with Crippen LogP contribution in [0.2, 0.25) is 0 Å². The van der Waals surface area contributed by atoms with E-state index in [0.29, 0.717) is 12.5 Å². The molecule has 0 aliphatic heterocycles. The van der Waals surface area contributed by atoms with Crippen molar-refractivity contribution in [3.63, 3.8) is 0 Å². The maximum atomic E-state index is 5.94. The molecule has 0 aliphatic rings. The molecule has 0 spiro atoms. The predicted octanol–water partition coefficient (Wildman–Crippen LogP) is 3.95. The molecule has 0 saturated carbocycles. The van der Waals surface area contributed by atoms with Crippen molar-refractivity contribution in [2.45, 2.75) is 19.9 Å². The van der Waals surface area contributed by atoms with Crippen molar-refractivity contribution in [2.75, 3.05) is 12.4 Å². The SMILES string of the molecule is CCc1cccc(NC(N)=NCc2ccc(OC)c(Br)c2)c1. The minimum absolute atomic E-state index is 0.403. The Hall–Kier alpha value is -2.01. The predicted molar refractivity (Wildman–Crippen MR) is 95.5 cm³/mol. The van der Waals surface area contributed by atoms with Gasteiger partial charge in [-0.05, 0) is 57.7 Å². The average Bonchev–Trinajstić information content (AvgIpc) is 2.53. The van der Waals surface area contributed by atoms with Gasteiger partial charge in [0.15, 0.2) is 5.96 Å². The Bertz CT molecular complexity index is 671. The zero-order valence-electron chi connectivity index (χ0n) is 12.8. The fourth-order valence-electron chi connectivity index (χ4n) is 2.04. The maximum absolute atomic E-state index is 5.94. The van der Waals surface area contributed by atoms with E-state index < -0.39 is 0 Å². The first-order valence-electron chi connectivity index (χ1n) is 7.10. The summed E-state index contributed by atoms with van der Waals surface area (Å²) < 4.78 is 6.11. The van der Waals surface area contributed by atoms with E-state index in [-0.39, 0.29) is 0 Å². The third-order valence-corrected chi connectivity index (χ3v) is 3.88. The Morgan fingerprint density at radius 2 is 2.05 bits per heavy atom. The first kappa shape index (κ1) is 16.4. The standard InChI is InChI=1S/C17H20BrN3O/c1-3-12-5-4-6-14(9-12)21-17(19)20-11-13-7-8-16(22-2)15(18)10-13/h4-10H,3,11H2,1-2H3,(H3,19,20,21). The lowest BCUT2D eigenvalue weighted by atomic mass is 10.1. The van der Waals surface area contributed by atoms with Crippen molar-refractivity contribution >= 4 is 27.6 Å². The van der Waals surface area contributed by atoms with Crippen LogP contribution in [0, 0.1) is 0 Å². The van der Waals surface area contributed by atoms with Gasteiger partial charge in [-0.3, -0.25) is 0 Å². The number of aliphatic imine (C=N–C) groups is 1. The monoisotopic (exact) mass is 361 g/mol. The molecule has 0 aliphatic carbocycles. The van der Waals surface area contributed by atoms with Crippen LogP contribution in [-0.2, 0) is 13.0 Å². The van der Waals surface area contributed by atoms with Gasteiger partial charge in [-0.25, -0.2) is 4.99 Å². The van der Waals surface area contributed by atoms with Gasteiger partial charge >= 0.3 is 0 Å². The summed E-state index contributed by atoms with van der Waals surface area (Å²) in [4.78, 5) is 4.36. The second-order valence-electron chi connectivity index (χ2n) is 4.85. The molecule has 5 heteroatoms. The van der Waals surface area contributed by atoms with Crippen molar-refractivity contribution < 1.29 is 4.74 Å². The van der Waals surface area contributed by atoms with Crippen molar-refractivity contribution in [3.05, 3.63) is 58.1 Å². The number of ether oxygens (including phenoxy) is 1. The largest absolute Gasteiger partial charge is 0.496 e.